The monoisotopic (exact) mass is 951 g/mol. The Morgan fingerprint density at radius 2 is 1.62 bits per heavy atom. The number of rotatable bonds is 14. The molecule has 0 aliphatic carbocycles. The summed E-state index contributed by atoms with van der Waals surface area (Å²) in [6.07, 6.45) is -0.611. The number of amides is 1. The van der Waals surface area contributed by atoms with E-state index in [1.807, 2.05) is 68.4 Å². The predicted octanol–water partition coefficient (Wildman–Crippen LogP) is 9.14. The maximum Gasteiger partial charge on any atom is 0.326 e. The molecule has 8 rings (SSSR count). The van der Waals surface area contributed by atoms with Gasteiger partial charge in [-0.25, -0.2) is 18.2 Å². The van der Waals surface area contributed by atoms with Gasteiger partial charge in [-0.05, 0) is 115 Å². The van der Waals surface area contributed by atoms with E-state index < -0.39 is 40.1 Å². The normalized spacial score (nSPS) is 16.3. The second-order valence-corrected chi connectivity index (χ2v) is 19.9. The van der Waals surface area contributed by atoms with Crippen LogP contribution >= 0.6 is 34.5 Å². The van der Waals surface area contributed by atoms with Crippen LogP contribution in [0.3, 0.4) is 0 Å². The van der Waals surface area contributed by atoms with Crippen LogP contribution in [0.1, 0.15) is 59.0 Å². The van der Waals surface area contributed by atoms with Crippen molar-refractivity contribution in [1.29, 1.82) is 5.26 Å². The number of anilines is 1. The van der Waals surface area contributed by atoms with Crippen LogP contribution in [0.5, 0.6) is 17.2 Å². The fraction of sp³-hybridized carbons (Fsp3) is 0.250. The molecule has 3 atom stereocenters. The van der Waals surface area contributed by atoms with Crippen LogP contribution in [-0.2, 0) is 45.6 Å². The van der Waals surface area contributed by atoms with E-state index >= 15 is 0 Å². The lowest BCUT2D eigenvalue weighted by Crippen LogP contribution is -2.55. The van der Waals surface area contributed by atoms with Gasteiger partial charge in [-0.15, -0.1) is 0 Å². The molecule has 0 saturated heterocycles. The third-order valence-corrected chi connectivity index (χ3v) is 15.3. The number of carboxylic acid groups (broad SMARTS) is 1. The molecule has 2 aliphatic rings. The lowest BCUT2D eigenvalue weighted by molar-refractivity contribution is -0.142. The lowest BCUT2D eigenvalue weighted by Gasteiger charge is -2.36. The minimum atomic E-state index is -4.37. The molecular formula is C48H43Cl2N5O8S2. The Morgan fingerprint density at radius 3 is 2.28 bits per heavy atom. The highest BCUT2D eigenvalue weighted by Gasteiger charge is 2.43. The Balaban J connectivity index is 1.03. The van der Waals surface area contributed by atoms with Crippen molar-refractivity contribution in [3.8, 4) is 34.4 Å². The number of hydrogen-bond donors (Lipinski definition) is 3. The molecule has 65 heavy (non-hydrogen) atoms. The van der Waals surface area contributed by atoms with E-state index in [4.69, 9.17) is 42.7 Å². The Bertz CT molecular complexity index is 2900. The van der Waals surface area contributed by atoms with Crippen LogP contribution in [0.2, 0.25) is 10.0 Å². The average Bonchev–Trinajstić information content (AvgIpc) is 3.67. The number of thiazole rings is 1. The SMILES string of the molecule is Cc1nc(NC(C)C)sc1S(=O)(=O)N1Cc2cc3c(cc2CC1C(=O)NC(Cc1ccc(-c2ccc(C#N)cc2)cc1)C(=O)O)OCC(c1ccc(OCc2ccc(Cl)c(Cl)c2)cc1)O3. The van der Waals surface area contributed by atoms with Gasteiger partial charge >= 0.3 is 5.97 Å². The zero-order valence-corrected chi connectivity index (χ0v) is 38.5. The first-order valence-corrected chi connectivity index (χ1v) is 23.7. The molecule has 6 aromatic rings. The van der Waals surface area contributed by atoms with Gasteiger partial charge in [0.15, 0.2) is 26.9 Å². The van der Waals surface area contributed by atoms with Gasteiger partial charge in [-0.1, -0.05) is 89.1 Å². The number of aryl methyl sites for hydroxylation is 1. The molecule has 0 fully saturated rings. The molecule has 1 aromatic heterocycles. The van der Waals surface area contributed by atoms with E-state index in [2.05, 4.69) is 21.7 Å². The van der Waals surface area contributed by atoms with E-state index in [-0.39, 0.29) is 41.9 Å². The lowest BCUT2D eigenvalue weighted by atomic mass is 9.94. The third kappa shape index (κ3) is 10.2. The number of aromatic nitrogens is 1. The molecule has 3 N–H and O–H groups in total. The van der Waals surface area contributed by atoms with Crippen molar-refractivity contribution in [2.24, 2.45) is 0 Å². The van der Waals surface area contributed by atoms with Crippen LogP contribution in [0.15, 0.2) is 107 Å². The molecule has 334 valence electrons. The molecule has 2 aliphatic heterocycles. The Hall–Kier alpha value is -6.15. The molecule has 1 amide bonds. The van der Waals surface area contributed by atoms with Crippen LogP contribution in [0.4, 0.5) is 5.13 Å². The molecule has 0 saturated carbocycles. The summed E-state index contributed by atoms with van der Waals surface area (Å²) in [7, 11) is -4.37. The fourth-order valence-corrected chi connectivity index (χ4v) is 11.2. The minimum Gasteiger partial charge on any atom is -0.489 e. The van der Waals surface area contributed by atoms with Gasteiger partial charge in [0.1, 0.15) is 31.0 Å². The second kappa shape index (κ2) is 19.1. The summed E-state index contributed by atoms with van der Waals surface area (Å²) in [5.41, 5.74) is 6.16. The number of carbonyl (C=O) groups is 2. The molecule has 13 nitrogen and oxygen atoms in total. The Labute approximate surface area is 390 Å². The summed E-state index contributed by atoms with van der Waals surface area (Å²) in [5.74, 6) is -0.551. The molecule has 0 spiro atoms. The van der Waals surface area contributed by atoms with Gasteiger partial charge in [-0.2, -0.15) is 9.57 Å². The van der Waals surface area contributed by atoms with Crippen molar-refractivity contribution >= 4 is 61.6 Å². The molecular weight excluding hydrogens is 910 g/mol. The summed E-state index contributed by atoms with van der Waals surface area (Å²) >= 11 is 13.2. The van der Waals surface area contributed by atoms with Gasteiger partial charge in [0.2, 0.25) is 5.91 Å². The molecule has 5 aromatic carbocycles. The quantitative estimate of drug-likeness (QED) is 0.0948. The van der Waals surface area contributed by atoms with Crippen LogP contribution < -0.4 is 24.8 Å². The fourth-order valence-electron chi connectivity index (χ4n) is 7.65. The van der Waals surface area contributed by atoms with Crippen LogP contribution in [-0.4, -0.2) is 59.4 Å². The average molecular weight is 953 g/mol. The van der Waals surface area contributed by atoms with Crippen molar-refractivity contribution in [3.63, 3.8) is 0 Å². The first kappa shape index (κ1) is 45.4. The van der Waals surface area contributed by atoms with Crippen molar-refractivity contribution in [1.82, 2.24) is 14.6 Å². The topological polar surface area (TPSA) is 180 Å². The first-order chi connectivity index (χ1) is 31.1. The number of nitrogens with one attached hydrogen (secondary N) is 2. The molecule has 17 heteroatoms. The van der Waals surface area contributed by atoms with Crippen molar-refractivity contribution < 1.29 is 37.3 Å². The Morgan fingerprint density at radius 1 is 0.938 bits per heavy atom. The highest BCUT2D eigenvalue weighted by atomic mass is 35.5. The van der Waals surface area contributed by atoms with Gasteiger partial charge in [-0.3, -0.25) is 4.79 Å². The summed E-state index contributed by atoms with van der Waals surface area (Å²) in [6, 6.07) is 30.0. The van der Waals surface area contributed by atoms with Gasteiger partial charge in [0.25, 0.3) is 10.0 Å². The predicted molar refractivity (Wildman–Crippen MR) is 248 cm³/mol. The van der Waals surface area contributed by atoms with Gasteiger partial charge in [0.05, 0.1) is 27.4 Å². The van der Waals surface area contributed by atoms with E-state index in [0.717, 1.165) is 37.9 Å². The Kier molecular flexibility index (Phi) is 13.4. The maximum atomic E-state index is 14.7. The largest absolute Gasteiger partial charge is 0.489 e. The zero-order valence-electron chi connectivity index (χ0n) is 35.4. The van der Waals surface area contributed by atoms with E-state index in [0.29, 0.717) is 61.3 Å². The molecule has 0 radical (unpaired) electrons. The summed E-state index contributed by atoms with van der Waals surface area (Å²) < 4.78 is 49.2. The number of nitriles is 1. The molecule has 0 bridgehead atoms. The number of aliphatic carboxylic acids is 1. The number of carbonyl (C=O) groups excluding carboxylic acids is 1. The number of halogens is 2. The van der Waals surface area contributed by atoms with Crippen molar-refractivity contribution in [3.05, 3.63) is 152 Å². The van der Waals surface area contributed by atoms with Crippen molar-refractivity contribution in [2.45, 2.75) is 75.2 Å². The number of benzene rings is 5. The number of sulfonamides is 1. The number of ether oxygens (including phenoxy) is 3. The van der Waals surface area contributed by atoms with Crippen LogP contribution in [0, 0.1) is 18.3 Å². The van der Waals surface area contributed by atoms with E-state index in [1.165, 1.54) is 0 Å². The van der Waals surface area contributed by atoms with Crippen LogP contribution in [0.25, 0.3) is 11.1 Å². The highest BCUT2D eigenvalue weighted by Crippen LogP contribution is 2.43. The zero-order chi connectivity index (χ0) is 46.0. The highest BCUT2D eigenvalue weighted by molar-refractivity contribution is 7.91. The van der Waals surface area contributed by atoms with E-state index in [1.54, 1.807) is 55.5 Å². The smallest absolute Gasteiger partial charge is 0.326 e. The van der Waals surface area contributed by atoms with Gasteiger partial charge in [0, 0.05) is 19.0 Å². The summed E-state index contributed by atoms with van der Waals surface area (Å²) in [4.78, 5) is 31.5. The van der Waals surface area contributed by atoms with Gasteiger partial charge < -0.3 is 30.0 Å². The maximum absolute atomic E-state index is 14.7. The molecule has 3 unspecified atom stereocenters. The first-order valence-electron chi connectivity index (χ1n) is 20.7. The summed E-state index contributed by atoms with van der Waals surface area (Å²) in [6.45, 7) is 5.70. The standard InChI is InChI=1S/C48H43Cl2N5O8S2/c1-27(2)52-48-53-28(3)47(64-48)65(59,60)55-24-36-22-43-42(62-26-44(63-43)34-13-15-37(16-14-34)61-25-31-8-17-38(49)39(50)18-31)21-35(36)20-41(55)45(56)54-40(46(57)58)19-29-4-9-32(10-5-29)33-11-6-30(23-51)7-12-33/h4-18,21-22,27,40-41,44H,19-20,24-26H2,1-3H3,(H,52,53)(H,54,56)(H,57,58). The number of carboxylic acids is 1. The second-order valence-electron chi connectivity index (χ2n) is 16.0. The van der Waals surface area contributed by atoms with E-state index in [9.17, 15) is 23.1 Å². The van der Waals surface area contributed by atoms with Crippen molar-refractivity contribution in [2.75, 3.05) is 11.9 Å². The number of nitrogens with zero attached hydrogens (tertiary/aromatic N) is 3. The number of fused-ring (bicyclic) bond motifs is 2. The number of hydrogen-bond acceptors (Lipinski definition) is 11. The third-order valence-electron chi connectivity index (χ3n) is 11.0. The summed E-state index contributed by atoms with van der Waals surface area (Å²) in [5, 5.41) is 26.6. The molecule has 3 heterocycles. The minimum absolute atomic E-state index is 0.0136.